The third-order valence-electron chi connectivity index (χ3n) is 12.2. The van der Waals surface area contributed by atoms with Crippen molar-refractivity contribution in [2.45, 2.75) is 101 Å². The van der Waals surface area contributed by atoms with Crippen LogP contribution in [-0.4, -0.2) is 92.3 Å². The number of nitrogens with zero attached hydrogens (tertiary/aromatic N) is 3. The monoisotopic (exact) mass is 820 g/mol. The number of hydrogen-bond donors (Lipinski definition) is 3. The minimum absolute atomic E-state index is 0.0872. The Kier molecular flexibility index (Phi) is 12.2. The molecule has 4 heterocycles. The lowest BCUT2D eigenvalue weighted by Crippen LogP contribution is -2.49. The Morgan fingerprint density at radius 3 is 2.61 bits per heavy atom. The Bertz CT molecular complexity index is 2000. The molecule has 57 heavy (non-hydrogen) atoms. The molecule has 11 nitrogen and oxygen atoms in total. The van der Waals surface area contributed by atoms with Gasteiger partial charge in [0, 0.05) is 40.9 Å². The zero-order valence-electron chi connectivity index (χ0n) is 33.2. The number of likely N-dealkylation sites (tertiary alicyclic amines) is 1. The van der Waals surface area contributed by atoms with Crippen molar-refractivity contribution in [2.24, 2.45) is 5.92 Å². The zero-order chi connectivity index (χ0) is 40.6. The Labute approximate surface area is 340 Å². The molecule has 0 aromatic heterocycles. The van der Waals surface area contributed by atoms with Crippen LogP contribution in [0.2, 0.25) is 23.7 Å². The van der Waals surface area contributed by atoms with Crippen molar-refractivity contribution >= 4 is 54.8 Å². The fourth-order valence-corrected chi connectivity index (χ4v) is 12.4. The first-order valence-corrected chi connectivity index (χ1v) is 23.6. The number of aliphatic hydroxyl groups excluding tert-OH is 2. The van der Waals surface area contributed by atoms with Gasteiger partial charge in [-0.15, -0.1) is 0 Å². The van der Waals surface area contributed by atoms with E-state index < -0.39 is 37.6 Å². The maximum Gasteiger partial charge on any atom is 0.264 e. The molecule has 3 aromatic rings. The van der Waals surface area contributed by atoms with Crippen molar-refractivity contribution in [2.75, 3.05) is 42.7 Å². The Morgan fingerprint density at radius 2 is 1.88 bits per heavy atom. The van der Waals surface area contributed by atoms with E-state index in [1.54, 1.807) is 46.0 Å². The van der Waals surface area contributed by atoms with Gasteiger partial charge in [-0.1, -0.05) is 30.7 Å². The molecule has 3 aromatic carbocycles. The molecular weight excluding hydrogens is 767 g/mol. The van der Waals surface area contributed by atoms with E-state index in [1.807, 2.05) is 56.3 Å². The lowest BCUT2D eigenvalue weighted by atomic mass is 9.82. The first-order chi connectivity index (χ1) is 27.3. The number of nitrogens with one attached hydrogen (secondary N) is 1. The normalized spacial score (nSPS) is 25.8. The summed E-state index contributed by atoms with van der Waals surface area (Å²) in [7, 11) is -3.54. The lowest BCUT2D eigenvalue weighted by Gasteiger charge is -2.35. The standard InChI is InChI=1S/C43H54ClFN4O7Si/c1-5-55-33-14-16-36-29(21-33)22-35(46-17-6-7-19-50)41(53)49(36)31-11-8-10-28(20-31)25-48-37-15-13-30(44)23-34(37)43(42(48)54)27(2)40(57(3,4)45)38(56-43)24-39(52)47-18-9-12-32(47)26-51/h8,10-11,13-16,20-21,23,27,32,35,38,40,46,50-51H,5-7,9,12,17-19,22,24-26H2,1-4H3/t27-,32+,35?,38+,40-,43+/m1/s1. The highest BCUT2D eigenvalue weighted by Crippen LogP contribution is 2.60. The average Bonchev–Trinajstić information content (AvgIpc) is 3.84. The van der Waals surface area contributed by atoms with Gasteiger partial charge >= 0.3 is 0 Å². The van der Waals surface area contributed by atoms with E-state index in [0.717, 1.165) is 35.4 Å². The van der Waals surface area contributed by atoms with Crippen molar-refractivity contribution in [1.82, 2.24) is 10.2 Å². The molecule has 3 amide bonds. The number of rotatable bonds is 14. The van der Waals surface area contributed by atoms with E-state index in [-0.39, 0.29) is 49.9 Å². The number of unbranched alkanes of at least 4 members (excludes halogenated alkanes) is 1. The van der Waals surface area contributed by atoms with E-state index in [1.165, 1.54) is 0 Å². The van der Waals surface area contributed by atoms with Crippen LogP contribution >= 0.6 is 11.6 Å². The Balaban J connectivity index is 1.21. The van der Waals surface area contributed by atoms with Crippen LogP contribution in [-0.2, 0) is 37.7 Å². The van der Waals surface area contributed by atoms with Crippen LogP contribution < -0.4 is 19.9 Å². The van der Waals surface area contributed by atoms with Crippen LogP contribution in [0.4, 0.5) is 21.2 Å². The quantitative estimate of drug-likeness (QED) is 0.0970. The topological polar surface area (TPSA) is 132 Å². The predicted molar refractivity (Wildman–Crippen MR) is 220 cm³/mol. The minimum atomic E-state index is -3.54. The molecule has 0 bridgehead atoms. The molecule has 14 heteroatoms. The number of ether oxygens (including phenoxy) is 2. The number of hydrogen-bond acceptors (Lipinski definition) is 8. The van der Waals surface area contributed by atoms with Crippen LogP contribution in [0.1, 0.15) is 62.6 Å². The van der Waals surface area contributed by atoms with Crippen LogP contribution in [0.15, 0.2) is 60.7 Å². The van der Waals surface area contributed by atoms with Gasteiger partial charge in [-0.3, -0.25) is 19.3 Å². The maximum atomic E-state index is 16.5. The number of carbonyl (C=O) groups excluding carboxylic acids is 3. The molecule has 6 atom stereocenters. The van der Waals surface area contributed by atoms with Gasteiger partial charge < -0.3 is 38.9 Å². The van der Waals surface area contributed by atoms with Crippen molar-refractivity contribution < 1.29 is 38.2 Å². The second kappa shape index (κ2) is 16.8. The zero-order valence-corrected chi connectivity index (χ0v) is 34.9. The summed E-state index contributed by atoms with van der Waals surface area (Å²) < 4.78 is 29.1. The van der Waals surface area contributed by atoms with Crippen LogP contribution in [0, 0.1) is 5.92 Å². The third-order valence-corrected chi connectivity index (χ3v) is 14.9. The number of halogens is 2. The number of benzene rings is 3. The van der Waals surface area contributed by atoms with Gasteiger partial charge in [0.1, 0.15) is 5.75 Å². The molecule has 1 unspecified atom stereocenters. The number of amides is 3. The fraction of sp³-hybridized carbons (Fsp3) is 0.512. The van der Waals surface area contributed by atoms with E-state index in [0.29, 0.717) is 60.9 Å². The van der Waals surface area contributed by atoms with Crippen molar-refractivity contribution in [3.8, 4) is 5.75 Å². The molecule has 4 aliphatic heterocycles. The highest BCUT2D eigenvalue weighted by molar-refractivity contribution is 6.72. The minimum Gasteiger partial charge on any atom is -0.494 e. The van der Waals surface area contributed by atoms with Gasteiger partial charge in [-0.2, -0.15) is 0 Å². The largest absolute Gasteiger partial charge is 0.494 e. The SMILES string of the molecule is CCOc1ccc2c(c1)CC(NCCCCO)C(=O)N2c1cccc(CN2C(=O)[C@@]3(O[C@@H](CC(=O)N4CCC[C@H]4CO)[C@H]([Si](C)(C)F)[C@H]3C)c3cc(Cl)ccc32)c1. The first kappa shape index (κ1) is 41.3. The third kappa shape index (κ3) is 7.74. The van der Waals surface area contributed by atoms with Crippen LogP contribution in [0.3, 0.4) is 0 Å². The predicted octanol–water partition coefficient (Wildman–Crippen LogP) is 6.39. The van der Waals surface area contributed by atoms with E-state index in [4.69, 9.17) is 21.1 Å². The molecular formula is C43H54ClFN4O7Si. The number of fused-ring (bicyclic) bond motifs is 3. The van der Waals surface area contributed by atoms with Crippen molar-refractivity contribution in [3.63, 3.8) is 0 Å². The fourth-order valence-electron chi connectivity index (χ4n) is 9.72. The molecule has 1 spiro atoms. The van der Waals surface area contributed by atoms with Gasteiger partial charge in [-0.05, 0) is 118 Å². The summed E-state index contributed by atoms with van der Waals surface area (Å²) in [6.07, 6.45) is 2.40. The van der Waals surface area contributed by atoms with Gasteiger partial charge in [0.25, 0.3) is 5.91 Å². The number of anilines is 3. The lowest BCUT2D eigenvalue weighted by molar-refractivity contribution is -0.150. The van der Waals surface area contributed by atoms with Crippen molar-refractivity contribution in [1.29, 1.82) is 0 Å². The van der Waals surface area contributed by atoms with Gasteiger partial charge in [-0.25, -0.2) is 0 Å². The summed E-state index contributed by atoms with van der Waals surface area (Å²) in [5.74, 6) is -0.553. The second-order valence-electron chi connectivity index (χ2n) is 16.3. The van der Waals surface area contributed by atoms with Crippen LogP contribution in [0.5, 0.6) is 5.75 Å². The molecule has 7 rings (SSSR count). The summed E-state index contributed by atoms with van der Waals surface area (Å²) in [6.45, 7) is 8.69. The molecule has 306 valence electrons. The van der Waals surface area contributed by atoms with Gasteiger partial charge in [0.05, 0.1) is 55.7 Å². The molecule has 3 N–H and O–H groups in total. The Morgan fingerprint density at radius 1 is 1.09 bits per heavy atom. The van der Waals surface area contributed by atoms with Crippen LogP contribution in [0.25, 0.3) is 0 Å². The Hall–Kier alpha value is -3.85. The van der Waals surface area contributed by atoms with Crippen molar-refractivity contribution in [3.05, 3.63) is 82.4 Å². The smallest absolute Gasteiger partial charge is 0.264 e. The summed E-state index contributed by atoms with van der Waals surface area (Å²) in [6, 6.07) is 17.8. The molecule has 0 saturated carbocycles. The maximum absolute atomic E-state index is 16.5. The number of aliphatic hydroxyl groups is 2. The highest BCUT2D eigenvalue weighted by atomic mass is 35.5. The number of carbonyl (C=O) groups is 3. The second-order valence-corrected chi connectivity index (χ2v) is 20.5. The van der Waals surface area contributed by atoms with E-state index in [9.17, 15) is 19.8 Å². The van der Waals surface area contributed by atoms with Gasteiger partial charge in [0.2, 0.25) is 20.2 Å². The summed E-state index contributed by atoms with van der Waals surface area (Å²) in [4.78, 5) is 48.1. The summed E-state index contributed by atoms with van der Waals surface area (Å²) >= 11 is 6.60. The molecule has 2 fully saturated rings. The average molecular weight is 821 g/mol. The summed E-state index contributed by atoms with van der Waals surface area (Å²) in [5.41, 5.74) is 2.02. The van der Waals surface area contributed by atoms with E-state index in [2.05, 4.69) is 5.32 Å². The molecule has 2 saturated heterocycles. The first-order valence-electron chi connectivity index (χ1n) is 20.2. The molecule has 0 aliphatic carbocycles. The highest BCUT2D eigenvalue weighted by Gasteiger charge is 2.67. The van der Waals surface area contributed by atoms with Gasteiger partial charge in [0.15, 0.2) is 5.60 Å². The van der Waals surface area contributed by atoms with E-state index >= 15 is 8.90 Å². The summed E-state index contributed by atoms with van der Waals surface area (Å²) in [5, 5.41) is 23.0. The molecule has 4 aliphatic rings. The molecule has 0 radical (unpaired) electrons.